The first-order chi connectivity index (χ1) is 15.5. The summed E-state index contributed by atoms with van der Waals surface area (Å²) in [7, 11) is -3.12. The first-order valence-electron chi connectivity index (χ1n) is 11.2. The molecule has 5 rings (SSSR count). The summed E-state index contributed by atoms with van der Waals surface area (Å²) in [5.41, 5.74) is 2.62. The molecule has 32 heavy (non-hydrogen) atoms. The minimum Gasteiger partial charge on any atom is -0.369 e. The average Bonchev–Trinajstić information content (AvgIpc) is 3.59. The number of halogens is 1. The fourth-order valence-corrected chi connectivity index (χ4v) is 6.47. The molecule has 0 radical (unpaired) electrons. The molecule has 0 spiro atoms. The van der Waals surface area contributed by atoms with E-state index in [1.54, 1.807) is 10.5 Å². The smallest absolute Gasteiger partial charge is 0.216 e. The second-order valence-electron chi connectivity index (χ2n) is 8.66. The standard InChI is InChI=1S/C22H27ClN6O2S/c1-2-15-10-25-22(19-12-27-21-18(19)8-16(23)11-26-21)28-20(15)24-9-14-4-3-7-29(13-14)32(30,31)17-5-6-17/h8,10-12,14,17H,2-7,9,13H2,1H3,(H,26,27)(H,24,25,28)/t14-/m1/s1. The van der Waals surface area contributed by atoms with Crippen LogP contribution in [0.3, 0.4) is 0 Å². The lowest BCUT2D eigenvalue weighted by molar-refractivity contribution is 0.275. The van der Waals surface area contributed by atoms with Gasteiger partial charge in [-0.05, 0) is 44.1 Å². The molecule has 3 aromatic heterocycles. The molecule has 1 atom stereocenters. The number of hydrogen-bond donors (Lipinski definition) is 2. The Hall–Kier alpha value is -2.23. The van der Waals surface area contributed by atoms with Gasteiger partial charge in [-0.3, -0.25) is 0 Å². The summed E-state index contributed by atoms with van der Waals surface area (Å²) < 4.78 is 27.0. The number of fused-ring (bicyclic) bond motifs is 1. The number of sulfonamides is 1. The van der Waals surface area contributed by atoms with E-state index >= 15 is 0 Å². The highest BCUT2D eigenvalue weighted by Gasteiger charge is 2.41. The number of nitrogens with one attached hydrogen (secondary N) is 2. The maximum absolute atomic E-state index is 12.6. The Morgan fingerprint density at radius 2 is 2.09 bits per heavy atom. The van der Waals surface area contributed by atoms with Gasteiger partial charge in [0.2, 0.25) is 10.0 Å². The number of hydrogen-bond acceptors (Lipinski definition) is 6. The largest absolute Gasteiger partial charge is 0.369 e. The molecular weight excluding hydrogens is 448 g/mol. The van der Waals surface area contributed by atoms with Crippen molar-refractivity contribution in [3.63, 3.8) is 0 Å². The quantitative estimate of drug-likeness (QED) is 0.539. The molecule has 1 saturated carbocycles. The molecule has 170 valence electrons. The number of aromatic amines is 1. The van der Waals surface area contributed by atoms with Gasteiger partial charge in [0.05, 0.1) is 10.3 Å². The molecule has 10 heteroatoms. The third-order valence-corrected chi connectivity index (χ3v) is 8.90. The lowest BCUT2D eigenvalue weighted by Gasteiger charge is -2.32. The maximum atomic E-state index is 12.6. The predicted molar refractivity (Wildman–Crippen MR) is 126 cm³/mol. The molecule has 4 heterocycles. The van der Waals surface area contributed by atoms with Gasteiger partial charge >= 0.3 is 0 Å². The number of aromatic nitrogens is 4. The molecule has 0 amide bonds. The fourth-order valence-electron chi connectivity index (χ4n) is 4.35. The van der Waals surface area contributed by atoms with Crippen LogP contribution in [0.15, 0.2) is 24.7 Å². The van der Waals surface area contributed by atoms with E-state index in [1.165, 1.54) is 0 Å². The predicted octanol–water partition coefficient (Wildman–Crippen LogP) is 3.85. The number of pyridine rings is 1. The van der Waals surface area contributed by atoms with Crippen molar-refractivity contribution >= 4 is 38.5 Å². The maximum Gasteiger partial charge on any atom is 0.216 e. The molecule has 0 bridgehead atoms. The lowest BCUT2D eigenvalue weighted by Crippen LogP contribution is -2.43. The van der Waals surface area contributed by atoms with E-state index in [1.807, 2.05) is 18.5 Å². The number of aryl methyl sites for hydroxylation is 1. The Balaban J connectivity index is 1.35. The average molecular weight is 475 g/mol. The Morgan fingerprint density at radius 3 is 2.88 bits per heavy atom. The second kappa shape index (κ2) is 8.61. The van der Waals surface area contributed by atoms with Crippen LogP contribution in [0.4, 0.5) is 5.82 Å². The van der Waals surface area contributed by atoms with Crippen LogP contribution in [-0.4, -0.2) is 57.5 Å². The zero-order chi connectivity index (χ0) is 22.3. The zero-order valence-electron chi connectivity index (χ0n) is 18.0. The zero-order valence-corrected chi connectivity index (χ0v) is 19.6. The highest BCUT2D eigenvalue weighted by molar-refractivity contribution is 7.90. The van der Waals surface area contributed by atoms with E-state index < -0.39 is 10.0 Å². The Kier molecular flexibility index (Phi) is 5.81. The van der Waals surface area contributed by atoms with E-state index in [9.17, 15) is 8.42 Å². The number of anilines is 1. The van der Waals surface area contributed by atoms with Crippen LogP contribution >= 0.6 is 11.6 Å². The molecule has 2 aliphatic rings. The van der Waals surface area contributed by atoms with Crippen molar-refractivity contribution in [3.05, 3.63) is 35.2 Å². The monoisotopic (exact) mass is 474 g/mol. The van der Waals surface area contributed by atoms with E-state index in [-0.39, 0.29) is 11.2 Å². The minimum absolute atomic E-state index is 0.149. The van der Waals surface area contributed by atoms with Crippen LogP contribution in [0.1, 0.15) is 38.2 Å². The second-order valence-corrected chi connectivity index (χ2v) is 11.3. The summed E-state index contributed by atoms with van der Waals surface area (Å²) in [5.74, 6) is 1.65. The summed E-state index contributed by atoms with van der Waals surface area (Å²) in [6, 6.07) is 1.86. The number of piperidine rings is 1. The first kappa shape index (κ1) is 21.6. The van der Waals surface area contributed by atoms with Crippen molar-refractivity contribution in [1.29, 1.82) is 0 Å². The summed E-state index contributed by atoms with van der Waals surface area (Å²) in [5, 5.41) is 4.78. The normalized spacial score (nSPS) is 20.0. The third-order valence-electron chi connectivity index (χ3n) is 6.33. The van der Waals surface area contributed by atoms with Crippen molar-refractivity contribution in [2.75, 3.05) is 25.0 Å². The van der Waals surface area contributed by atoms with Crippen molar-refractivity contribution < 1.29 is 8.42 Å². The van der Waals surface area contributed by atoms with Gasteiger partial charge in [-0.2, -0.15) is 0 Å². The molecule has 8 nitrogen and oxygen atoms in total. The molecule has 1 saturated heterocycles. The minimum atomic E-state index is -3.12. The van der Waals surface area contributed by atoms with Crippen LogP contribution in [-0.2, 0) is 16.4 Å². The van der Waals surface area contributed by atoms with E-state index in [0.717, 1.165) is 60.1 Å². The molecule has 0 unspecified atom stereocenters. The molecule has 3 aromatic rings. The van der Waals surface area contributed by atoms with Crippen molar-refractivity contribution in [2.24, 2.45) is 5.92 Å². The van der Waals surface area contributed by atoms with E-state index in [0.29, 0.717) is 30.5 Å². The SMILES string of the molecule is CCc1cnc(-c2c[nH]c3ncc(Cl)cc23)nc1NC[C@H]1CCCN(S(=O)(=O)C2CC2)C1. The summed E-state index contributed by atoms with van der Waals surface area (Å²) >= 11 is 6.14. The van der Waals surface area contributed by atoms with Gasteiger partial charge < -0.3 is 10.3 Å². The highest BCUT2D eigenvalue weighted by Crippen LogP contribution is 2.33. The van der Waals surface area contributed by atoms with Gasteiger partial charge in [0.15, 0.2) is 5.82 Å². The lowest BCUT2D eigenvalue weighted by atomic mass is 9.99. The summed E-state index contributed by atoms with van der Waals surface area (Å²) in [6.45, 7) is 3.98. The van der Waals surface area contributed by atoms with E-state index in [4.69, 9.17) is 16.6 Å². The Labute approximate surface area is 192 Å². The summed E-state index contributed by atoms with van der Waals surface area (Å²) in [6.07, 6.45) is 9.63. The van der Waals surface area contributed by atoms with Crippen LogP contribution in [0.5, 0.6) is 0 Å². The molecular formula is C22H27ClN6O2S. The number of rotatable bonds is 7. The van der Waals surface area contributed by atoms with Gasteiger partial charge in [0.25, 0.3) is 0 Å². The van der Waals surface area contributed by atoms with Crippen LogP contribution in [0, 0.1) is 5.92 Å². The molecule has 1 aliphatic heterocycles. The van der Waals surface area contributed by atoms with Crippen molar-refractivity contribution in [2.45, 2.75) is 44.3 Å². The third kappa shape index (κ3) is 4.21. The Morgan fingerprint density at radius 1 is 1.25 bits per heavy atom. The van der Waals surface area contributed by atoms with Crippen LogP contribution in [0.2, 0.25) is 5.02 Å². The molecule has 2 fully saturated rings. The van der Waals surface area contributed by atoms with Crippen LogP contribution < -0.4 is 5.32 Å². The van der Waals surface area contributed by atoms with E-state index in [2.05, 4.69) is 27.2 Å². The van der Waals surface area contributed by atoms with Gasteiger partial charge in [0, 0.05) is 54.7 Å². The topological polar surface area (TPSA) is 104 Å². The molecule has 1 aliphatic carbocycles. The van der Waals surface area contributed by atoms with Crippen molar-refractivity contribution in [1.82, 2.24) is 24.2 Å². The van der Waals surface area contributed by atoms with Gasteiger partial charge in [-0.15, -0.1) is 0 Å². The fraction of sp³-hybridized carbons (Fsp3) is 0.500. The van der Waals surface area contributed by atoms with Crippen molar-refractivity contribution in [3.8, 4) is 11.4 Å². The Bertz CT molecular complexity index is 1240. The van der Waals surface area contributed by atoms with Gasteiger partial charge in [0.1, 0.15) is 11.5 Å². The van der Waals surface area contributed by atoms with Gasteiger partial charge in [-0.25, -0.2) is 27.7 Å². The first-order valence-corrected chi connectivity index (χ1v) is 13.1. The number of H-pyrrole nitrogens is 1. The van der Waals surface area contributed by atoms with Gasteiger partial charge in [-0.1, -0.05) is 18.5 Å². The number of nitrogens with zero attached hydrogens (tertiary/aromatic N) is 4. The molecule has 2 N–H and O–H groups in total. The summed E-state index contributed by atoms with van der Waals surface area (Å²) in [4.78, 5) is 16.8. The van der Waals surface area contributed by atoms with Crippen LogP contribution in [0.25, 0.3) is 22.4 Å². The molecule has 0 aromatic carbocycles. The highest BCUT2D eigenvalue weighted by atomic mass is 35.5.